The van der Waals surface area contributed by atoms with Crippen molar-refractivity contribution in [2.24, 2.45) is 0 Å². The maximum absolute atomic E-state index is 11.1. The van der Waals surface area contributed by atoms with Crippen LogP contribution >= 0.6 is 0 Å². The summed E-state index contributed by atoms with van der Waals surface area (Å²) in [7, 11) is 0. The lowest BCUT2D eigenvalue weighted by molar-refractivity contribution is -0.283. The molecule has 0 aliphatic rings. The maximum atomic E-state index is 11.1. The lowest BCUT2D eigenvalue weighted by atomic mass is 10.2. The van der Waals surface area contributed by atoms with Crippen LogP contribution in [0.25, 0.3) is 0 Å². The minimum absolute atomic E-state index is 0.0165. The van der Waals surface area contributed by atoms with Gasteiger partial charge in [-0.1, -0.05) is 26.7 Å². The first-order chi connectivity index (χ1) is 7.70. The van der Waals surface area contributed by atoms with E-state index in [1.807, 2.05) is 13.8 Å². The Morgan fingerprint density at radius 3 is 1.50 bits per heavy atom. The van der Waals surface area contributed by atoms with Gasteiger partial charge in [0.15, 0.2) is 11.6 Å². The fourth-order valence-corrected chi connectivity index (χ4v) is 1.11. The minimum atomic E-state index is -0.0545. The highest BCUT2D eigenvalue weighted by Crippen LogP contribution is 1.98. The normalized spacial score (nSPS) is 10.4. The van der Waals surface area contributed by atoms with Crippen LogP contribution in [-0.2, 0) is 19.4 Å². The molecule has 0 bridgehead atoms. The van der Waals surface area contributed by atoms with Gasteiger partial charge in [-0.25, -0.2) is 9.78 Å². The van der Waals surface area contributed by atoms with Crippen LogP contribution in [0.1, 0.15) is 52.4 Å². The van der Waals surface area contributed by atoms with Gasteiger partial charge in [0.2, 0.25) is 0 Å². The van der Waals surface area contributed by atoms with E-state index in [9.17, 15) is 9.59 Å². The molecule has 0 heterocycles. The van der Waals surface area contributed by atoms with Crippen molar-refractivity contribution in [3.8, 4) is 0 Å². The van der Waals surface area contributed by atoms with E-state index in [0.29, 0.717) is 12.8 Å². The molecule has 0 spiro atoms. The zero-order chi connectivity index (χ0) is 12.2. The summed E-state index contributed by atoms with van der Waals surface area (Å²) in [6, 6.07) is 0. The number of hydrogen-bond donors (Lipinski definition) is 0. The van der Waals surface area contributed by atoms with Crippen molar-refractivity contribution in [3.05, 3.63) is 0 Å². The first kappa shape index (κ1) is 15.3. The van der Waals surface area contributed by atoms with Gasteiger partial charge in [0.05, 0.1) is 0 Å². The summed E-state index contributed by atoms with van der Waals surface area (Å²) in [6.45, 7) is 3.94. The SMILES string of the molecule is CCCCC(=O)COOCC(=O)CCCC. The van der Waals surface area contributed by atoms with Gasteiger partial charge in [0.1, 0.15) is 13.2 Å². The van der Waals surface area contributed by atoms with E-state index in [1.54, 1.807) is 0 Å². The number of unbranched alkanes of at least 4 members (excludes halogenated alkanes) is 2. The first-order valence-electron chi connectivity index (χ1n) is 5.98. The molecule has 4 nitrogen and oxygen atoms in total. The molecular weight excluding hydrogens is 208 g/mol. The van der Waals surface area contributed by atoms with E-state index in [1.165, 1.54) is 0 Å². The van der Waals surface area contributed by atoms with Gasteiger partial charge in [-0.15, -0.1) is 0 Å². The number of carbonyl (C=O) groups is 2. The zero-order valence-corrected chi connectivity index (χ0v) is 10.3. The van der Waals surface area contributed by atoms with Crippen molar-refractivity contribution < 1.29 is 19.4 Å². The number of rotatable bonds is 11. The molecule has 0 unspecified atom stereocenters. The third-order valence-corrected chi connectivity index (χ3v) is 2.14. The highest BCUT2D eigenvalue weighted by atomic mass is 17.2. The minimum Gasteiger partial charge on any atom is -0.297 e. The van der Waals surface area contributed by atoms with Crippen molar-refractivity contribution in [3.63, 3.8) is 0 Å². The number of carbonyl (C=O) groups excluding carboxylic acids is 2. The standard InChI is InChI=1S/C12H22O4/c1-3-5-7-11(13)9-15-16-10-12(14)8-6-4-2/h3-10H2,1-2H3. The number of hydrogen-bond acceptors (Lipinski definition) is 4. The molecule has 0 fully saturated rings. The van der Waals surface area contributed by atoms with Crippen molar-refractivity contribution in [1.82, 2.24) is 0 Å². The summed E-state index contributed by atoms with van der Waals surface area (Å²) in [5, 5.41) is 0. The molecule has 0 aliphatic carbocycles. The fourth-order valence-electron chi connectivity index (χ4n) is 1.11. The molecule has 0 N–H and O–H groups in total. The third-order valence-electron chi connectivity index (χ3n) is 2.14. The Morgan fingerprint density at radius 2 is 1.19 bits per heavy atom. The Balaban J connectivity index is 3.31. The van der Waals surface area contributed by atoms with Crippen LogP contribution < -0.4 is 0 Å². The molecule has 0 saturated carbocycles. The summed E-state index contributed by atoms with van der Waals surface area (Å²) in [5.41, 5.74) is 0. The molecule has 0 aromatic carbocycles. The van der Waals surface area contributed by atoms with Gasteiger partial charge in [-0.2, -0.15) is 0 Å². The molecule has 16 heavy (non-hydrogen) atoms. The summed E-state index contributed by atoms with van der Waals surface area (Å²) in [5.74, 6) is 0.0331. The first-order valence-corrected chi connectivity index (χ1v) is 5.98. The van der Waals surface area contributed by atoms with Crippen molar-refractivity contribution >= 4 is 11.6 Å². The van der Waals surface area contributed by atoms with E-state index >= 15 is 0 Å². The van der Waals surface area contributed by atoms with Crippen molar-refractivity contribution in [2.75, 3.05) is 13.2 Å². The Kier molecular flexibility index (Phi) is 10.3. The van der Waals surface area contributed by atoms with Crippen LogP contribution in [-0.4, -0.2) is 24.8 Å². The highest BCUT2D eigenvalue weighted by Gasteiger charge is 2.04. The molecule has 0 radical (unpaired) electrons. The average molecular weight is 230 g/mol. The van der Waals surface area contributed by atoms with Crippen LogP contribution in [0.4, 0.5) is 0 Å². The quantitative estimate of drug-likeness (QED) is 0.311. The second-order valence-electron chi connectivity index (χ2n) is 3.81. The Morgan fingerprint density at radius 1 is 0.812 bits per heavy atom. The predicted molar refractivity (Wildman–Crippen MR) is 61.0 cm³/mol. The smallest absolute Gasteiger partial charge is 0.161 e. The van der Waals surface area contributed by atoms with Gasteiger partial charge in [0.25, 0.3) is 0 Å². The van der Waals surface area contributed by atoms with Gasteiger partial charge >= 0.3 is 0 Å². The van der Waals surface area contributed by atoms with Crippen LogP contribution in [0, 0.1) is 0 Å². The molecule has 0 aliphatic heterocycles. The van der Waals surface area contributed by atoms with Crippen LogP contribution in [0.5, 0.6) is 0 Å². The average Bonchev–Trinajstić information content (AvgIpc) is 2.29. The molecule has 0 amide bonds. The van der Waals surface area contributed by atoms with Crippen LogP contribution in [0.3, 0.4) is 0 Å². The van der Waals surface area contributed by atoms with Crippen molar-refractivity contribution in [2.45, 2.75) is 52.4 Å². The van der Waals surface area contributed by atoms with E-state index < -0.39 is 0 Å². The lowest BCUT2D eigenvalue weighted by Crippen LogP contribution is -2.13. The predicted octanol–water partition coefficient (Wildman–Crippen LogP) is 2.45. The molecule has 0 atom stereocenters. The molecule has 0 aromatic heterocycles. The van der Waals surface area contributed by atoms with Gasteiger partial charge in [-0.3, -0.25) is 9.59 Å². The molecule has 94 valence electrons. The van der Waals surface area contributed by atoms with E-state index in [-0.39, 0.29) is 24.8 Å². The third kappa shape index (κ3) is 9.80. The molecular formula is C12H22O4. The summed E-state index contributed by atoms with van der Waals surface area (Å²) < 4.78 is 0. The summed E-state index contributed by atoms with van der Waals surface area (Å²) in [4.78, 5) is 31.6. The second kappa shape index (κ2) is 10.8. The van der Waals surface area contributed by atoms with E-state index in [0.717, 1.165) is 25.7 Å². The zero-order valence-electron chi connectivity index (χ0n) is 10.3. The van der Waals surface area contributed by atoms with Crippen molar-refractivity contribution in [1.29, 1.82) is 0 Å². The largest absolute Gasteiger partial charge is 0.297 e. The monoisotopic (exact) mass is 230 g/mol. The Bertz CT molecular complexity index is 179. The van der Waals surface area contributed by atoms with Gasteiger partial charge in [-0.05, 0) is 12.8 Å². The van der Waals surface area contributed by atoms with Crippen LogP contribution in [0.15, 0.2) is 0 Å². The lowest BCUT2D eigenvalue weighted by Gasteiger charge is -2.02. The van der Waals surface area contributed by atoms with Gasteiger partial charge < -0.3 is 0 Å². The Labute approximate surface area is 97.2 Å². The second-order valence-corrected chi connectivity index (χ2v) is 3.81. The molecule has 4 heteroatoms. The van der Waals surface area contributed by atoms with Crippen LogP contribution in [0.2, 0.25) is 0 Å². The Hall–Kier alpha value is -0.740. The topological polar surface area (TPSA) is 52.6 Å². The van der Waals surface area contributed by atoms with E-state index in [4.69, 9.17) is 0 Å². The summed E-state index contributed by atoms with van der Waals surface area (Å²) in [6.07, 6.45) is 4.76. The highest BCUT2D eigenvalue weighted by molar-refractivity contribution is 5.80. The number of ketones is 2. The fraction of sp³-hybridized carbons (Fsp3) is 0.833. The molecule has 0 saturated heterocycles. The van der Waals surface area contributed by atoms with Gasteiger partial charge in [0, 0.05) is 12.8 Å². The van der Waals surface area contributed by atoms with E-state index in [2.05, 4.69) is 9.78 Å². The number of Topliss-reactive ketones (excluding diaryl/α,β-unsaturated/α-hetero) is 2. The molecule has 0 aromatic rings. The maximum Gasteiger partial charge on any atom is 0.161 e. The molecule has 0 rings (SSSR count). The summed E-state index contributed by atoms with van der Waals surface area (Å²) >= 11 is 0.